The van der Waals surface area contributed by atoms with Crippen LogP contribution in [0.4, 0.5) is 0 Å². The molecule has 0 unspecified atom stereocenters. The number of nitrogens with one attached hydrogen (secondary N) is 1. The van der Waals surface area contributed by atoms with Crippen LogP contribution in [-0.2, 0) is 16.4 Å². The Morgan fingerprint density at radius 2 is 2.10 bits per heavy atom. The molecule has 0 aromatic carbocycles. The SMILES string of the molecule is CCCc1nc(S(=O)(=O)NC(C)C)c2cc(C)ccn12. The second kappa shape index (κ2) is 5.54. The molecule has 0 saturated carbocycles. The summed E-state index contributed by atoms with van der Waals surface area (Å²) in [6, 6.07) is 3.66. The van der Waals surface area contributed by atoms with E-state index in [0.717, 1.165) is 24.2 Å². The molecule has 1 N–H and O–H groups in total. The smallest absolute Gasteiger partial charge is 0.260 e. The highest BCUT2D eigenvalue weighted by atomic mass is 32.2. The van der Waals surface area contributed by atoms with Crippen LogP contribution in [0.3, 0.4) is 0 Å². The molecule has 0 aliphatic carbocycles. The number of hydrogen-bond acceptors (Lipinski definition) is 3. The average Bonchev–Trinajstić information content (AvgIpc) is 2.67. The Balaban J connectivity index is 2.66. The van der Waals surface area contributed by atoms with Gasteiger partial charge in [-0.1, -0.05) is 6.92 Å². The fourth-order valence-electron chi connectivity index (χ4n) is 2.19. The minimum absolute atomic E-state index is 0.123. The van der Waals surface area contributed by atoms with Gasteiger partial charge in [-0.05, 0) is 44.9 Å². The Kier molecular flexibility index (Phi) is 4.15. The van der Waals surface area contributed by atoms with Gasteiger partial charge in [0.1, 0.15) is 5.82 Å². The molecular weight excluding hydrogens is 274 g/mol. The van der Waals surface area contributed by atoms with Crippen molar-refractivity contribution in [1.29, 1.82) is 0 Å². The van der Waals surface area contributed by atoms with Gasteiger partial charge in [-0.15, -0.1) is 0 Å². The third-order valence-corrected chi connectivity index (χ3v) is 4.55. The molecule has 5 nitrogen and oxygen atoms in total. The van der Waals surface area contributed by atoms with Crippen molar-refractivity contribution >= 4 is 15.5 Å². The van der Waals surface area contributed by atoms with Crippen molar-refractivity contribution in [2.24, 2.45) is 0 Å². The Hall–Kier alpha value is -1.40. The largest absolute Gasteiger partial charge is 0.302 e. The van der Waals surface area contributed by atoms with Crippen molar-refractivity contribution in [3.63, 3.8) is 0 Å². The van der Waals surface area contributed by atoms with Crippen LogP contribution < -0.4 is 4.72 Å². The van der Waals surface area contributed by atoms with Crippen LogP contribution in [0, 0.1) is 6.92 Å². The highest BCUT2D eigenvalue weighted by Gasteiger charge is 2.23. The molecule has 0 radical (unpaired) electrons. The van der Waals surface area contributed by atoms with Gasteiger partial charge in [-0.25, -0.2) is 18.1 Å². The van der Waals surface area contributed by atoms with Crippen LogP contribution in [0.1, 0.15) is 38.6 Å². The lowest BCUT2D eigenvalue weighted by Crippen LogP contribution is -2.30. The normalized spacial score (nSPS) is 12.4. The Bertz CT molecular complexity index is 717. The quantitative estimate of drug-likeness (QED) is 0.920. The molecule has 2 heterocycles. The molecule has 0 spiro atoms. The highest BCUT2D eigenvalue weighted by molar-refractivity contribution is 7.89. The Morgan fingerprint density at radius 3 is 2.70 bits per heavy atom. The second-order valence-corrected chi connectivity index (χ2v) is 6.95. The highest BCUT2D eigenvalue weighted by Crippen LogP contribution is 2.20. The molecular formula is C14H21N3O2S. The standard InChI is InChI=1S/C14H21N3O2S/c1-5-6-13-15-14(20(18,19)16-10(2)3)12-9-11(4)7-8-17(12)13/h7-10,16H,5-6H2,1-4H3. The lowest BCUT2D eigenvalue weighted by molar-refractivity contribution is 0.567. The van der Waals surface area contributed by atoms with Gasteiger partial charge in [0, 0.05) is 18.7 Å². The van der Waals surface area contributed by atoms with Crippen LogP contribution >= 0.6 is 0 Å². The summed E-state index contributed by atoms with van der Waals surface area (Å²) in [5.74, 6) is 0.784. The number of aryl methyl sites for hydroxylation is 2. The number of sulfonamides is 1. The topological polar surface area (TPSA) is 63.5 Å². The first kappa shape index (κ1) is 15.0. The number of fused-ring (bicyclic) bond motifs is 1. The fourth-order valence-corrected chi connectivity index (χ4v) is 3.58. The molecule has 0 saturated heterocycles. The van der Waals surface area contributed by atoms with Gasteiger partial charge in [0.25, 0.3) is 10.0 Å². The number of nitrogens with zero attached hydrogens (tertiary/aromatic N) is 2. The summed E-state index contributed by atoms with van der Waals surface area (Å²) in [6.07, 6.45) is 3.56. The van der Waals surface area contributed by atoms with Gasteiger partial charge >= 0.3 is 0 Å². The maximum absolute atomic E-state index is 12.4. The van der Waals surface area contributed by atoms with Crippen LogP contribution in [-0.4, -0.2) is 23.8 Å². The van der Waals surface area contributed by atoms with Crippen LogP contribution in [0.2, 0.25) is 0 Å². The summed E-state index contributed by atoms with van der Waals surface area (Å²) in [5, 5.41) is 0.123. The summed E-state index contributed by atoms with van der Waals surface area (Å²) in [7, 11) is -3.58. The number of imidazole rings is 1. The molecule has 110 valence electrons. The van der Waals surface area contributed by atoms with E-state index in [9.17, 15) is 8.42 Å². The Labute approximate surface area is 120 Å². The van der Waals surface area contributed by atoms with Crippen LogP contribution in [0.15, 0.2) is 23.4 Å². The maximum atomic E-state index is 12.4. The van der Waals surface area contributed by atoms with E-state index in [-0.39, 0.29) is 11.1 Å². The van der Waals surface area contributed by atoms with Gasteiger partial charge in [-0.3, -0.25) is 0 Å². The lowest BCUT2D eigenvalue weighted by Gasteiger charge is -2.07. The molecule has 0 atom stereocenters. The predicted octanol–water partition coefficient (Wildman–Crippen LogP) is 2.28. The molecule has 0 bridgehead atoms. The third-order valence-electron chi connectivity index (χ3n) is 2.96. The van der Waals surface area contributed by atoms with E-state index in [2.05, 4.69) is 16.6 Å². The molecule has 0 aliphatic heterocycles. The van der Waals surface area contributed by atoms with Crippen LogP contribution in [0.5, 0.6) is 0 Å². The van der Waals surface area contributed by atoms with Crippen molar-refractivity contribution in [2.75, 3.05) is 0 Å². The van der Waals surface area contributed by atoms with E-state index in [1.165, 1.54) is 0 Å². The molecule has 2 aromatic heterocycles. The minimum atomic E-state index is -3.58. The van der Waals surface area contributed by atoms with E-state index in [0.29, 0.717) is 5.52 Å². The molecule has 0 aliphatic rings. The van der Waals surface area contributed by atoms with Crippen molar-refractivity contribution in [2.45, 2.75) is 51.6 Å². The van der Waals surface area contributed by atoms with E-state index in [1.54, 1.807) is 13.8 Å². The molecule has 2 rings (SSSR count). The van der Waals surface area contributed by atoms with Crippen LogP contribution in [0.25, 0.3) is 5.52 Å². The lowest BCUT2D eigenvalue weighted by atomic mass is 10.3. The maximum Gasteiger partial charge on any atom is 0.260 e. The van der Waals surface area contributed by atoms with E-state index < -0.39 is 10.0 Å². The molecule has 0 fully saturated rings. The first-order chi connectivity index (χ1) is 9.35. The van der Waals surface area contributed by atoms with Gasteiger partial charge in [0.15, 0.2) is 5.03 Å². The summed E-state index contributed by atoms with van der Waals surface area (Å²) < 4.78 is 29.3. The summed E-state index contributed by atoms with van der Waals surface area (Å²) in [6.45, 7) is 7.59. The zero-order valence-electron chi connectivity index (χ0n) is 12.3. The molecule has 20 heavy (non-hydrogen) atoms. The van der Waals surface area contributed by atoms with Gasteiger partial charge in [0.2, 0.25) is 0 Å². The first-order valence-corrected chi connectivity index (χ1v) is 8.33. The van der Waals surface area contributed by atoms with E-state index in [1.807, 2.05) is 29.7 Å². The number of rotatable bonds is 5. The van der Waals surface area contributed by atoms with Gasteiger partial charge < -0.3 is 4.40 Å². The second-order valence-electron chi connectivity index (χ2n) is 5.32. The number of pyridine rings is 1. The van der Waals surface area contributed by atoms with Crippen molar-refractivity contribution in [3.8, 4) is 0 Å². The summed E-state index contributed by atoms with van der Waals surface area (Å²) in [5.41, 5.74) is 1.66. The monoisotopic (exact) mass is 295 g/mol. The third kappa shape index (κ3) is 2.86. The van der Waals surface area contributed by atoms with Crippen molar-refractivity contribution in [3.05, 3.63) is 29.7 Å². The first-order valence-electron chi connectivity index (χ1n) is 6.85. The fraction of sp³-hybridized carbons (Fsp3) is 0.500. The molecule has 6 heteroatoms. The Morgan fingerprint density at radius 1 is 1.40 bits per heavy atom. The van der Waals surface area contributed by atoms with E-state index >= 15 is 0 Å². The number of hydrogen-bond donors (Lipinski definition) is 1. The molecule has 2 aromatic rings. The number of aromatic nitrogens is 2. The average molecular weight is 295 g/mol. The minimum Gasteiger partial charge on any atom is -0.302 e. The molecule has 0 amide bonds. The van der Waals surface area contributed by atoms with Gasteiger partial charge in [-0.2, -0.15) is 0 Å². The summed E-state index contributed by atoms with van der Waals surface area (Å²) >= 11 is 0. The predicted molar refractivity (Wildman–Crippen MR) is 79.4 cm³/mol. The van der Waals surface area contributed by atoms with Crippen molar-refractivity contribution in [1.82, 2.24) is 14.1 Å². The van der Waals surface area contributed by atoms with Gasteiger partial charge in [0.05, 0.1) is 5.52 Å². The zero-order chi connectivity index (χ0) is 14.9. The zero-order valence-corrected chi connectivity index (χ0v) is 13.2. The summed E-state index contributed by atoms with van der Waals surface area (Å²) in [4.78, 5) is 4.36. The van der Waals surface area contributed by atoms with E-state index in [4.69, 9.17) is 0 Å². The van der Waals surface area contributed by atoms with Crippen molar-refractivity contribution < 1.29 is 8.42 Å².